The maximum absolute atomic E-state index is 4.90. The van der Waals surface area contributed by atoms with Crippen LogP contribution in [0.3, 0.4) is 0 Å². The Morgan fingerprint density at radius 3 is 1.11 bits per heavy atom. The molecule has 3 aliphatic heterocycles. The molecule has 1 radical (unpaired) electrons. The Bertz CT molecular complexity index is 2740. The van der Waals surface area contributed by atoms with Gasteiger partial charge in [0.05, 0.1) is 35.7 Å². The predicted molar refractivity (Wildman–Crippen MR) is 298 cm³/mol. The molecular weight excluding hydrogens is 1080 g/mol. The van der Waals surface area contributed by atoms with Crippen molar-refractivity contribution >= 4 is 51.6 Å². The topological polar surface area (TPSA) is 114 Å². The number of rotatable bonds is 4. The van der Waals surface area contributed by atoms with E-state index in [1.165, 1.54) is 16.7 Å². The molecule has 393 valence electrons. The van der Waals surface area contributed by atoms with Crippen LogP contribution in [-0.4, -0.2) is 35.9 Å². The Kier molecular flexibility index (Phi) is 16.2. The van der Waals surface area contributed by atoms with E-state index in [1.54, 1.807) is 0 Å². The molecule has 73 heavy (non-hydrogen) atoms. The summed E-state index contributed by atoms with van der Waals surface area (Å²) in [5.41, 5.74) is 9.87. The zero-order chi connectivity index (χ0) is 52.9. The number of hydrogen-bond donors (Lipinski definition) is 2. The summed E-state index contributed by atoms with van der Waals surface area (Å²) in [6.45, 7) is 49.4. The monoisotopic (exact) mass is 1160 g/mol. The number of anilines is 9. The van der Waals surface area contributed by atoms with Gasteiger partial charge in [0.25, 0.3) is 0 Å². The summed E-state index contributed by atoms with van der Waals surface area (Å²) in [6, 6.07) is 29.2. The van der Waals surface area contributed by atoms with Crippen molar-refractivity contribution in [3.8, 4) is 0 Å². The molecule has 0 fully saturated rings. The van der Waals surface area contributed by atoms with Crippen LogP contribution in [-0.2, 0) is 52.6 Å². The van der Waals surface area contributed by atoms with Crippen molar-refractivity contribution in [2.45, 2.75) is 177 Å². The van der Waals surface area contributed by atoms with Crippen molar-refractivity contribution in [1.29, 1.82) is 0 Å². The van der Waals surface area contributed by atoms with Crippen molar-refractivity contribution in [3.05, 3.63) is 146 Å². The van der Waals surface area contributed by atoms with Crippen molar-refractivity contribution < 1.29 is 20.1 Å². The van der Waals surface area contributed by atoms with Crippen LogP contribution in [0.5, 0.6) is 0 Å². The van der Waals surface area contributed by atoms with Gasteiger partial charge in [-0.05, 0) is 36.1 Å². The largest absolute Gasteiger partial charge is 0.499 e. The number of aromatic nitrogens is 6. The molecule has 0 aliphatic carbocycles. The summed E-state index contributed by atoms with van der Waals surface area (Å²) in [7, 11) is 0. The Morgan fingerprint density at radius 1 is 0.452 bits per heavy atom. The molecule has 3 aromatic heterocycles. The molecule has 0 amide bonds. The van der Waals surface area contributed by atoms with Gasteiger partial charge < -0.3 is 30.2 Å². The number of benzene rings is 3. The molecule has 0 saturated heterocycles. The van der Waals surface area contributed by atoms with Crippen molar-refractivity contribution in [1.82, 2.24) is 29.9 Å². The van der Waals surface area contributed by atoms with Gasteiger partial charge in [-0.3, -0.25) is 0 Å². The molecule has 13 heteroatoms. The summed E-state index contributed by atoms with van der Waals surface area (Å²) in [5, 5.41) is 6.50. The van der Waals surface area contributed by atoms with E-state index in [4.69, 9.17) is 4.98 Å². The average Bonchev–Trinajstić information content (AvgIpc) is 4.03. The van der Waals surface area contributed by atoms with Crippen LogP contribution in [0.1, 0.15) is 173 Å². The van der Waals surface area contributed by atoms with Gasteiger partial charge in [-0.15, -0.1) is 41.9 Å². The molecular formula is C60H78IrN12-6. The Morgan fingerprint density at radius 2 is 0.781 bits per heavy atom. The summed E-state index contributed by atoms with van der Waals surface area (Å²) in [4.78, 5) is 36.4. The fourth-order valence-corrected chi connectivity index (χ4v) is 7.91. The van der Waals surface area contributed by atoms with Gasteiger partial charge in [0, 0.05) is 36.4 Å². The van der Waals surface area contributed by atoms with Crippen LogP contribution >= 0.6 is 0 Å². The minimum absolute atomic E-state index is 0. The van der Waals surface area contributed by atoms with Crippen LogP contribution in [0.15, 0.2) is 73.2 Å². The first-order valence-electron chi connectivity index (χ1n) is 25.2. The number of nitrogens with zero attached hydrogens (tertiary/aromatic N) is 10. The third-order valence-electron chi connectivity index (χ3n) is 12.5. The predicted octanol–water partition coefficient (Wildman–Crippen LogP) is 14.5. The molecule has 3 aliphatic rings. The van der Waals surface area contributed by atoms with Gasteiger partial charge in [0.1, 0.15) is 34.9 Å². The van der Waals surface area contributed by atoms with E-state index >= 15 is 0 Å². The van der Waals surface area contributed by atoms with E-state index in [1.807, 2.05) is 50.1 Å². The molecule has 6 heterocycles. The summed E-state index contributed by atoms with van der Waals surface area (Å²) in [5.74, 6) is 5.20. The zero-order valence-corrected chi connectivity index (χ0v) is 49.4. The minimum Gasteiger partial charge on any atom is -0.499 e. The molecule has 3 aromatic carbocycles. The van der Waals surface area contributed by atoms with Crippen molar-refractivity contribution in [2.75, 3.05) is 30.2 Å². The van der Waals surface area contributed by atoms with Crippen LogP contribution in [0.25, 0.3) is 0 Å². The molecule has 12 nitrogen and oxygen atoms in total. The SMILES string of the molecule is CC(C)(C)c1cc[c-]c(N2[CH-]Nc3nc(C(C)(C)C)ncc32)c1.CC(C)(C)c1cc[c-]c(N2[CH-]Nc3nc(C(C)(C)C)ncc32)c1.CC(C)N1[CH-]N(c2[c-]ccc(C(C)(C)C)c2)c2cnc(C(C)(C)C)nc21.[Ir]. The Balaban J connectivity index is 0.000000178. The van der Waals surface area contributed by atoms with Gasteiger partial charge in [0.2, 0.25) is 0 Å². The third kappa shape index (κ3) is 13.0. The van der Waals surface area contributed by atoms with Crippen LogP contribution in [0.4, 0.5) is 51.6 Å². The van der Waals surface area contributed by atoms with Gasteiger partial charge in [-0.1, -0.05) is 125 Å². The van der Waals surface area contributed by atoms with Crippen molar-refractivity contribution in [3.63, 3.8) is 0 Å². The van der Waals surface area contributed by atoms with Gasteiger partial charge in [-0.2, -0.15) is 84.6 Å². The molecule has 0 spiro atoms. The first kappa shape index (κ1) is 56.6. The van der Waals surface area contributed by atoms with E-state index in [0.717, 1.165) is 69.1 Å². The van der Waals surface area contributed by atoms with Crippen LogP contribution in [0.2, 0.25) is 0 Å². The molecule has 0 atom stereocenters. The van der Waals surface area contributed by atoms with Gasteiger partial charge in [-0.25, -0.2) is 29.9 Å². The van der Waals surface area contributed by atoms with Gasteiger partial charge >= 0.3 is 0 Å². The second-order valence-electron chi connectivity index (χ2n) is 25.4. The fraction of sp³-hybridized carbons (Fsp3) is 0.450. The average molecular weight is 1160 g/mol. The Hall–Kier alpha value is -5.65. The first-order chi connectivity index (χ1) is 33.3. The maximum Gasteiger partial charge on any atom is 0.136 e. The van der Waals surface area contributed by atoms with E-state index in [-0.39, 0.29) is 52.6 Å². The minimum atomic E-state index is -0.0800. The standard InChI is InChI=1S/C22H30N4.2C19H24N4.Ir/c1-15(2)25-14-26(17-11-9-10-16(12-17)21(3,4)5)18-13-23-20(22(6,7)8)24-19(18)25;2*1-18(2,3)13-8-7-9-14(10-13)23-12-21-16-15(23)11-20-17(22-16)19(4,5)6;/h9-10,12-15H,1-8H3;2*7-8,10-12H,1-6H3,(H,20,21,22);/q3*-2;. The third-order valence-corrected chi connectivity index (χ3v) is 12.5. The molecule has 0 bridgehead atoms. The van der Waals surface area contributed by atoms with E-state index in [0.29, 0.717) is 6.04 Å². The van der Waals surface area contributed by atoms with E-state index in [9.17, 15) is 0 Å². The number of hydrogen-bond acceptors (Lipinski definition) is 12. The summed E-state index contributed by atoms with van der Waals surface area (Å²) in [6.07, 6.45) is 5.72. The first-order valence-corrected chi connectivity index (χ1v) is 25.2. The summed E-state index contributed by atoms with van der Waals surface area (Å²) < 4.78 is 0. The van der Waals surface area contributed by atoms with Crippen LogP contribution < -0.4 is 30.2 Å². The maximum atomic E-state index is 4.90. The van der Waals surface area contributed by atoms with Crippen LogP contribution in [0, 0.1) is 38.2 Å². The van der Waals surface area contributed by atoms with Gasteiger partial charge in [0.15, 0.2) is 0 Å². The normalized spacial score (nSPS) is 14.5. The second kappa shape index (κ2) is 20.9. The number of nitrogens with one attached hydrogen (secondary N) is 2. The van der Waals surface area contributed by atoms with E-state index < -0.39 is 0 Å². The molecule has 0 unspecified atom stereocenters. The van der Waals surface area contributed by atoms with Crippen molar-refractivity contribution in [2.24, 2.45) is 0 Å². The molecule has 2 N–H and O–H groups in total. The Labute approximate surface area is 452 Å². The quantitative estimate of drug-likeness (QED) is 0.164. The van der Waals surface area contributed by atoms with E-state index in [2.05, 4.69) is 255 Å². The fourth-order valence-electron chi connectivity index (χ4n) is 7.91. The molecule has 6 aromatic rings. The summed E-state index contributed by atoms with van der Waals surface area (Å²) >= 11 is 0. The molecule has 0 saturated carbocycles. The second-order valence-corrected chi connectivity index (χ2v) is 25.4. The number of fused-ring (bicyclic) bond motifs is 3. The molecule has 9 rings (SSSR count). The zero-order valence-electron chi connectivity index (χ0n) is 47.0. The smallest absolute Gasteiger partial charge is 0.136 e.